The Bertz CT molecular complexity index is 1260. The first-order valence-electron chi connectivity index (χ1n) is 9.59. The normalized spacial score (nSPS) is 10.8. The first-order valence-corrected chi connectivity index (χ1v) is 9.59. The Morgan fingerprint density at radius 2 is 1.29 bits per heavy atom. The molecule has 3 rings (SSSR count). The second-order valence-corrected chi connectivity index (χ2v) is 7.41. The molecule has 0 amide bonds. The molecule has 1 heterocycles. The Morgan fingerprint density at radius 1 is 0.806 bits per heavy atom. The predicted molar refractivity (Wildman–Crippen MR) is 115 cm³/mol. The average Bonchev–Trinajstić information content (AvgIpc) is 2.68. The molecule has 0 radical (unpaired) electrons. The maximum atomic E-state index is 13.4. The number of hydrogen-bond acceptors (Lipinski definition) is 3. The molecule has 1 N–H and O–H groups in total. The van der Waals surface area contributed by atoms with Crippen LogP contribution in [-0.2, 0) is 25.9 Å². The highest BCUT2D eigenvalue weighted by molar-refractivity contribution is 5.23. The summed E-state index contributed by atoms with van der Waals surface area (Å²) in [5, 5.41) is 10.1. The zero-order valence-corrected chi connectivity index (χ0v) is 16.9. The van der Waals surface area contributed by atoms with E-state index in [1.807, 2.05) is 0 Å². The van der Waals surface area contributed by atoms with E-state index < -0.39 is 17.1 Å². The van der Waals surface area contributed by atoms with Gasteiger partial charge in [-0.15, -0.1) is 0 Å². The molecule has 0 bridgehead atoms. The summed E-state index contributed by atoms with van der Waals surface area (Å²) in [6, 6.07) is 12.9. The molecule has 7 heteroatoms. The highest BCUT2D eigenvalue weighted by Gasteiger charge is 2.13. The van der Waals surface area contributed by atoms with Gasteiger partial charge in [0, 0.05) is 0 Å². The van der Waals surface area contributed by atoms with Gasteiger partial charge in [-0.25, -0.2) is 13.6 Å². The topological polar surface area (TPSA) is 64.2 Å². The van der Waals surface area contributed by atoms with Gasteiger partial charge in [-0.3, -0.25) is 13.9 Å². The van der Waals surface area contributed by atoms with Gasteiger partial charge in [-0.2, -0.15) is 0 Å². The lowest BCUT2D eigenvalue weighted by molar-refractivity contribution is 0.398. The summed E-state index contributed by atoms with van der Waals surface area (Å²) in [6.45, 7) is 7.67. The van der Waals surface area contributed by atoms with Crippen molar-refractivity contribution in [2.24, 2.45) is 0 Å². The van der Waals surface area contributed by atoms with E-state index in [0.717, 1.165) is 15.2 Å². The van der Waals surface area contributed by atoms with E-state index in [-0.39, 0.29) is 31.1 Å². The second-order valence-electron chi connectivity index (χ2n) is 7.41. The zero-order valence-electron chi connectivity index (χ0n) is 16.9. The van der Waals surface area contributed by atoms with Crippen LogP contribution >= 0.6 is 0 Å². The van der Waals surface area contributed by atoms with Crippen LogP contribution in [0, 0.1) is 11.6 Å². The van der Waals surface area contributed by atoms with E-state index >= 15 is 0 Å². The van der Waals surface area contributed by atoms with Gasteiger partial charge in [0.2, 0.25) is 5.88 Å². The maximum Gasteiger partial charge on any atom is 0.334 e. The van der Waals surface area contributed by atoms with Crippen molar-refractivity contribution < 1.29 is 13.9 Å². The monoisotopic (exact) mass is 424 g/mol. The minimum Gasteiger partial charge on any atom is -0.494 e. The number of allylic oxidation sites excluding steroid dienone is 2. The summed E-state index contributed by atoms with van der Waals surface area (Å²) in [5.74, 6) is -1.25. The number of nitrogens with zero attached hydrogens (tertiary/aromatic N) is 2. The van der Waals surface area contributed by atoms with Crippen molar-refractivity contribution in [2.45, 2.75) is 25.9 Å². The van der Waals surface area contributed by atoms with Crippen molar-refractivity contribution in [2.75, 3.05) is 0 Å². The van der Waals surface area contributed by atoms with Crippen molar-refractivity contribution in [3.05, 3.63) is 123 Å². The first kappa shape index (κ1) is 22.0. The molecule has 0 aliphatic rings. The lowest BCUT2D eigenvalue weighted by Gasteiger charge is -2.14. The van der Waals surface area contributed by atoms with Crippen LogP contribution < -0.4 is 11.2 Å². The lowest BCUT2D eigenvalue weighted by Crippen LogP contribution is -2.40. The molecule has 5 nitrogen and oxygen atoms in total. The molecule has 160 valence electrons. The maximum absolute atomic E-state index is 13.4. The molecular formula is C24H22F2N2O3. The van der Waals surface area contributed by atoms with E-state index in [4.69, 9.17) is 0 Å². The largest absolute Gasteiger partial charge is 0.494 e. The van der Waals surface area contributed by atoms with Crippen LogP contribution in [0.1, 0.15) is 11.1 Å². The average molecular weight is 424 g/mol. The number of aromatic hydroxyl groups is 1. The summed E-state index contributed by atoms with van der Waals surface area (Å²) >= 11 is 0. The Kier molecular flexibility index (Phi) is 6.65. The molecule has 3 aromatic rings. The van der Waals surface area contributed by atoms with Gasteiger partial charge in [0.1, 0.15) is 11.6 Å². The van der Waals surface area contributed by atoms with E-state index in [2.05, 4.69) is 13.2 Å². The highest BCUT2D eigenvalue weighted by atomic mass is 19.1. The quantitative estimate of drug-likeness (QED) is 0.562. The molecule has 1 aromatic heterocycles. The number of hydrogen-bond donors (Lipinski definition) is 1. The number of aromatic nitrogens is 2. The van der Waals surface area contributed by atoms with E-state index in [9.17, 15) is 23.5 Å². The highest BCUT2D eigenvalue weighted by Crippen LogP contribution is 2.13. The third-order valence-electron chi connectivity index (χ3n) is 4.71. The lowest BCUT2D eigenvalue weighted by atomic mass is 10.1. The van der Waals surface area contributed by atoms with Crippen LogP contribution in [0.4, 0.5) is 8.78 Å². The summed E-state index contributed by atoms with van der Waals surface area (Å²) < 4.78 is 28.7. The van der Waals surface area contributed by atoms with E-state index in [1.54, 1.807) is 24.3 Å². The van der Waals surface area contributed by atoms with Crippen molar-refractivity contribution >= 4 is 0 Å². The summed E-state index contributed by atoms with van der Waals surface area (Å²) in [7, 11) is 0. The minimum atomic E-state index is -0.717. The molecule has 0 fully saturated rings. The number of halogens is 2. The van der Waals surface area contributed by atoms with Crippen LogP contribution in [0.2, 0.25) is 0 Å². The van der Waals surface area contributed by atoms with Gasteiger partial charge in [0.25, 0.3) is 5.56 Å². The first-order chi connectivity index (χ1) is 14.7. The Hall–Kier alpha value is -3.74. The zero-order chi connectivity index (χ0) is 22.5. The van der Waals surface area contributed by atoms with Gasteiger partial charge in [0.15, 0.2) is 0 Å². The second kappa shape index (κ2) is 9.38. The Labute approximate surface area is 177 Å². The molecule has 0 aliphatic heterocycles. The summed E-state index contributed by atoms with van der Waals surface area (Å²) in [5.41, 5.74) is 1.03. The number of benzene rings is 2. The smallest absolute Gasteiger partial charge is 0.334 e. The van der Waals surface area contributed by atoms with E-state index in [0.29, 0.717) is 28.7 Å². The van der Waals surface area contributed by atoms with Gasteiger partial charge in [-0.05, 0) is 48.2 Å². The molecule has 0 unspecified atom stereocenters. The molecule has 0 spiro atoms. The van der Waals surface area contributed by atoms with Crippen molar-refractivity contribution in [1.29, 1.82) is 0 Å². The minimum absolute atomic E-state index is 0.0438. The van der Waals surface area contributed by atoms with Crippen molar-refractivity contribution in [3.8, 4) is 5.88 Å². The fourth-order valence-electron chi connectivity index (χ4n) is 3.33. The molecule has 0 atom stereocenters. The van der Waals surface area contributed by atoms with Gasteiger partial charge < -0.3 is 5.11 Å². The molecule has 0 saturated carbocycles. The van der Waals surface area contributed by atoms with Crippen LogP contribution in [0.25, 0.3) is 0 Å². The molecule has 2 aromatic carbocycles. The number of rotatable bonds is 8. The van der Waals surface area contributed by atoms with E-state index in [1.165, 1.54) is 24.3 Å². The summed E-state index contributed by atoms with van der Waals surface area (Å²) in [6.07, 6.45) is 0.589. The van der Waals surface area contributed by atoms with Crippen LogP contribution in [0.5, 0.6) is 5.88 Å². The Morgan fingerprint density at radius 3 is 1.77 bits per heavy atom. The van der Waals surface area contributed by atoms with Crippen LogP contribution in [-0.4, -0.2) is 14.2 Å². The third kappa shape index (κ3) is 5.66. The van der Waals surface area contributed by atoms with Gasteiger partial charge in [-0.1, -0.05) is 48.6 Å². The van der Waals surface area contributed by atoms with Crippen LogP contribution in [0.15, 0.2) is 88.5 Å². The fraction of sp³-hybridized carbons (Fsp3) is 0.167. The van der Waals surface area contributed by atoms with Crippen molar-refractivity contribution in [1.82, 2.24) is 9.13 Å². The van der Waals surface area contributed by atoms with Crippen molar-refractivity contribution in [3.63, 3.8) is 0 Å². The molecule has 0 aliphatic carbocycles. The predicted octanol–water partition coefficient (Wildman–Crippen LogP) is 3.59. The van der Waals surface area contributed by atoms with Gasteiger partial charge >= 0.3 is 5.69 Å². The SMILES string of the molecule is C=C(Cc1cccc(F)c1)Cn1c(O)cc(=O)n(CC(=C)Cc2cccc(F)c2)c1=O. The molecular weight excluding hydrogens is 402 g/mol. The third-order valence-corrected chi connectivity index (χ3v) is 4.71. The van der Waals surface area contributed by atoms with Gasteiger partial charge in [0.05, 0.1) is 19.2 Å². The van der Waals surface area contributed by atoms with Crippen LogP contribution in [0.3, 0.4) is 0 Å². The fourth-order valence-corrected chi connectivity index (χ4v) is 3.33. The summed E-state index contributed by atoms with van der Waals surface area (Å²) in [4.78, 5) is 25.2. The Balaban J connectivity index is 1.79. The standard InChI is InChI=1S/C24H22F2N2O3/c1-16(9-18-5-3-7-20(25)11-18)14-27-22(29)13-23(30)28(24(27)31)15-17(2)10-19-6-4-8-21(26)12-19/h3-8,11-13,29H,1-2,9-10,14-15H2. The molecule has 31 heavy (non-hydrogen) atoms. The molecule has 0 saturated heterocycles.